The Labute approximate surface area is 165 Å². The van der Waals surface area contributed by atoms with Gasteiger partial charge in [0.1, 0.15) is 11.6 Å². The largest absolute Gasteiger partial charge is 0.439 e. The number of halogens is 1. The van der Waals surface area contributed by atoms with Crippen molar-refractivity contribution in [2.24, 2.45) is 4.99 Å². The molecule has 0 bridgehead atoms. The number of ether oxygens (including phenoxy) is 2. The third-order valence-corrected chi connectivity index (χ3v) is 4.64. The normalized spacial score (nSPS) is 15.5. The Morgan fingerprint density at radius 2 is 1.96 bits per heavy atom. The van der Waals surface area contributed by atoms with Crippen molar-refractivity contribution in [1.82, 2.24) is 15.2 Å². The van der Waals surface area contributed by atoms with Crippen LogP contribution in [0.4, 0.5) is 4.39 Å². The second kappa shape index (κ2) is 10.0. The molecule has 1 aliphatic rings. The number of pyridine rings is 1. The third kappa shape index (κ3) is 5.66. The first-order valence-corrected chi connectivity index (χ1v) is 9.63. The Balaban J connectivity index is 1.49. The fourth-order valence-corrected chi connectivity index (χ4v) is 3.18. The van der Waals surface area contributed by atoms with Crippen LogP contribution < -0.4 is 10.1 Å². The zero-order chi connectivity index (χ0) is 19.8. The van der Waals surface area contributed by atoms with Gasteiger partial charge in [0.15, 0.2) is 5.96 Å². The van der Waals surface area contributed by atoms with Gasteiger partial charge in [0.25, 0.3) is 0 Å². The topological polar surface area (TPSA) is 59.0 Å². The first kappa shape index (κ1) is 20.1. The number of piperidine rings is 1. The molecule has 1 saturated heterocycles. The lowest BCUT2D eigenvalue weighted by atomic mass is 10.1. The van der Waals surface area contributed by atoms with E-state index < -0.39 is 0 Å². The molecule has 1 fully saturated rings. The monoisotopic (exact) mass is 386 g/mol. The Bertz CT molecular complexity index is 757. The van der Waals surface area contributed by atoms with E-state index in [0.29, 0.717) is 24.3 Å². The molecule has 2 aromatic rings. The Morgan fingerprint density at radius 3 is 2.57 bits per heavy atom. The summed E-state index contributed by atoms with van der Waals surface area (Å²) < 4.78 is 24.3. The molecule has 0 saturated carbocycles. The smallest absolute Gasteiger partial charge is 0.219 e. The molecule has 2 heterocycles. The summed E-state index contributed by atoms with van der Waals surface area (Å²) in [6.07, 6.45) is 4.16. The minimum Gasteiger partial charge on any atom is -0.439 e. The maximum absolute atomic E-state index is 12.9. The molecule has 0 radical (unpaired) electrons. The van der Waals surface area contributed by atoms with Crippen molar-refractivity contribution < 1.29 is 13.9 Å². The van der Waals surface area contributed by atoms with Gasteiger partial charge in [-0.2, -0.15) is 0 Å². The van der Waals surface area contributed by atoms with Crippen LogP contribution in [0, 0.1) is 5.82 Å². The summed E-state index contributed by atoms with van der Waals surface area (Å²) in [5.41, 5.74) is 1.02. The fraction of sp³-hybridized carbons (Fsp3) is 0.429. The van der Waals surface area contributed by atoms with E-state index in [1.54, 1.807) is 31.4 Å². The van der Waals surface area contributed by atoms with E-state index in [4.69, 9.17) is 9.47 Å². The van der Waals surface area contributed by atoms with Gasteiger partial charge in [-0.05, 0) is 49.6 Å². The highest BCUT2D eigenvalue weighted by Gasteiger charge is 2.21. The van der Waals surface area contributed by atoms with Crippen molar-refractivity contribution in [2.75, 3.05) is 26.7 Å². The molecule has 1 aliphatic heterocycles. The van der Waals surface area contributed by atoms with E-state index >= 15 is 0 Å². The molecule has 7 heteroatoms. The molecule has 150 valence electrons. The first-order chi connectivity index (χ1) is 13.7. The van der Waals surface area contributed by atoms with E-state index in [9.17, 15) is 4.39 Å². The number of aromatic nitrogens is 1. The Kier molecular flexibility index (Phi) is 7.19. The number of aliphatic imine (C=N–C) groups is 1. The van der Waals surface area contributed by atoms with Crippen molar-refractivity contribution in [2.45, 2.75) is 32.4 Å². The molecular formula is C21H27FN4O2. The summed E-state index contributed by atoms with van der Waals surface area (Å²) in [5.74, 6) is 1.62. The molecule has 6 nitrogen and oxygen atoms in total. The lowest BCUT2D eigenvalue weighted by Gasteiger charge is -2.34. The summed E-state index contributed by atoms with van der Waals surface area (Å²) in [6.45, 7) is 5.31. The van der Waals surface area contributed by atoms with Crippen molar-refractivity contribution >= 4 is 5.96 Å². The van der Waals surface area contributed by atoms with Crippen LogP contribution in [0.25, 0.3) is 0 Å². The van der Waals surface area contributed by atoms with Crippen LogP contribution in [0.5, 0.6) is 11.6 Å². The van der Waals surface area contributed by atoms with Gasteiger partial charge in [-0.3, -0.25) is 4.99 Å². The van der Waals surface area contributed by atoms with Gasteiger partial charge < -0.3 is 19.7 Å². The minimum atomic E-state index is -0.294. The molecule has 0 aliphatic carbocycles. The van der Waals surface area contributed by atoms with Crippen LogP contribution >= 0.6 is 0 Å². The van der Waals surface area contributed by atoms with Crippen LogP contribution in [0.2, 0.25) is 0 Å². The number of nitrogens with zero attached hydrogens (tertiary/aromatic N) is 3. The van der Waals surface area contributed by atoms with E-state index in [0.717, 1.165) is 44.1 Å². The fourth-order valence-electron chi connectivity index (χ4n) is 3.18. The van der Waals surface area contributed by atoms with Gasteiger partial charge in [-0.1, -0.05) is 6.07 Å². The Morgan fingerprint density at radius 1 is 1.21 bits per heavy atom. The molecule has 0 spiro atoms. The number of guanidine groups is 1. The second-order valence-electron chi connectivity index (χ2n) is 6.60. The summed E-state index contributed by atoms with van der Waals surface area (Å²) >= 11 is 0. The molecule has 28 heavy (non-hydrogen) atoms. The molecule has 0 unspecified atom stereocenters. The minimum absolute atomic E-state index is 0.294. The van der Waals surface area contributed by atoms with Crippen molar-refractivity contribution in [3.8, 4) is 11.6 Å². The standard InChI is InChI=1S/C21H27FN4O2/c1-3-27-18-10-12-26(13-11-18)21(23-2)25-15-16-4-9-20(24-14-16)28-19-7-5-17(22)6-8-19/h4-9,14,18H,3,10-13,15H2,1-2H3,(H,23,25). The number of likely N-dealkylation sites (tertiary alicyclic amines) is 1. The quantitative estimate of drug-likeness (QED) is 0.607. The maximum Gasteiger partial charge on any atom is 0.219 e. The Hall–Kier alpha value is -2.67. The second-order valence-corrected chi connectivity index (χ2v) is 6.60. The number of hydrogen-bond donors (Lipinski definition) is 1. The third-order valence-electron chi connectivity index (χ3n) is 4.64. The zero-order valence-electron chi connectivity index (χ0n) is 16.4. The van der Waals surface area contributed by atoms with Gasteiger partial charge in [-0.25, -0.2) is 9.37 Å². The molecular weight excluding hydrogens is 359 g/mol. The summed E-state index contributed by atoms with van der Waals surface area (Å²) in [6, 6.07) is 9.62. The summed E-state index contributed by atoms with van der Waals surface area (Å²) in [4.78, 5) is 11.0. The van der Waals surface area contributed by atoms with Gasteiger partial charge in [-0.15, -0.1) is 0 Å². The van der Waals surface area contributed by atoms with Crippen LogP contribution in [0.1, 0.15) is 25.3 Å². The van der Waals surface area contributed by atoms with Crippen molar-refractivity contribution in [1.29, 1.82) is 0 Å². The van der Waals surface area contributed by atoms with Crippen LogP contribution in [-0.4, -0.2) is 48.7 Å². The van der Waals surface area contributed by atoms with E-state index in [1.807, 2.05) is 13.0 Å². The molecule has 1 N–H and O–H groups in total. The molecule has 3 rings (SSSR count). The van der Waals surface area contributed by atoms with Gasteiger partial charge >= 0.3 is 0 Å². The highest BCUT2D eigenvalue weighted by atomic mass is 19.1. The molecule has 1 aromatic carbocycles. The SMILES string of the molecule is CCOC1CCN(C(=NC)NCc2ccc(Oc3ccc(F)cc3)nc2)CC1. The first-order valence-electron chi connectivity index (χ1n) is 9.63. The maximum atomic E-state index is 12.9. The van der Waals surface area contributed by atoms with Crippen LogP contribution in [-0.2, 0) is 11.3 Å². The summed E-state index contributed by atoms with van der Waals surface area (Å²) in [5, 5.41) is 3.39. The van der Waals surface area contributed by atoms with E-state index in [1.165, 1.54) is 12.1 Å². The zero-order valence-corrected chi connectivity index (χ0v) is 16.4. The lowest BCUT2D eigenvalue weighted by molar-refractivity contribution is 0.0263. The lowest BCUT2D eigenvalue weighted by Crippen LogP contribution is -2.46. The van der Waals surface area contributed by atoms with Crippen LogP contribution in [0.15, 0.2) is 47.6 Å². The molecule has 0 amide bonds. The van der Waals surface area contributed by atoms with Gasteiger partial charge in [0.05, 0.1) is 6.10 Å². The van der Waals surface area contributed by atoms with E-state index in [2.05, 4.69) is 20.2 Å². The number of benzene rings is 1. The highest BCUT2D eigenvalue weighted by molar-refractivity contribution is 5.79. The predicted molar refractivity (Wildman–Crippen MR) is 107 cm³/mol. The average molecular weight is 386 g/mol. The predicted octanol–water partition coefficient (Wildman–Crippen LogP) is 3.59. The molecule has 0 atom stereocenters. The number of nitrogens with one attached hydrogen (secondary N) is 1. The number of rotatable bonds is 6. The van der Waals surface area contributed by atoms with Crippen LogP contribution in [0.3, 0.4) is 0 Å². The van der Waals surface area contributed by atoms with Gasteiger partial charge in [0, 0.05) is 45.6 Å². The molecule has 1 aromatic heterocycles. The van der Waals surface area contributed by atoms with Crippen molar-refractivity contribution in [3.63, 3.8) is 0 Å². The van der Waals surface area contributed by atoms with Crippen molar-refractivity contribution in [3.05, 3.63) is 54.0 Å². The summed E-state index contributed by atoms with van der Waals surface area (Å²) in [7, 11) is 1.80. The van der Waals surface area contributed by atoms with E-state index in [-0.39, 0.29) is 5.82 Å². The highest BCUT2D eigenvalue weighted by Crippen LogP contribution is 2.19. The number of hydrogen-bond acceptors (Lipinski definition) is 4. The average Bonchev–Trinajstić information content (AvgIpc) is 2.73. The van der Waals surface area contributed by atoms with Gasteiger partial charge in [0.2, 0.25) is 5.88 Å².